The van der Waals surface area contributed by atoms with Crippen molar-refractivity contribution < 1.29 is 0 Å². The zero-order chi connectivity index (χ0) is 17.2. The first-order chi connectivity index (χ1) is 12.2. The molecule has 4 rings (SSSR count). The molecule has 6 heteroatoms. The monoisotopic (exact) mass is 330 g/mol. The van der Waals surface area contributed by atoms with Gasteiger partial charge in [-0.1, -0.05) is 41.6 Å². The number of hydrogen-bond donors (Lipinski definition) is 1. The van der Waals surface area contributed by atoms with Crippen molar-refractivity contribution in [2.45, 2.75) is 19.9 Å². The molecule has 0 fully saturated rings. The molecule has 25 heavy (non-hydrogen) atoms. The third-order valence-corrected chi connectivity index (χ3v) is 4.10. The minimum Gasteiger partial charge on any atom is -0.348 e. The van der Waals surface area contributed by atoms with Crippen LogP contribution in [0.15, 0.2) is 60.8 Å². The van der Waals surface area contributed by atoms with Crippen molar-refractivity contribution in [2.24, 2.45) is 0 Å². The predicted molar refractivity (Wildman–Crippen MR) is 97.7 cm³/mol. The minimum absolute atomic E-state index is 0.103. The zero-order valence-corrected chi connectivity index (χ0v) is 14.1. The Hall–Kier alpha value is -3.28. The molecule has 0 aliphatic carbocycles. The Morgan fingerprint density at radius 3 is 2.72 bits per heavy atom. The lowest BCUT2D eigenvalue weighted by Crippen LogP contribution is -2.11. The molecular formula is C19H18N6. The van der Waals surface area contributed by atoms with Crippen LogP contribution in [0.1, 0.15) is 24.1 Å². The van der Waals surface area contributed by atoms with Gasteiger partial charge in [0.05, 0.1) is 11.6 Å². The van der Waals surface area contributed by atoms with Crippen LogP contribution in [0.3, 0.4) is 0 Å². The Labute approximate surface area is 145 Å². The Balaban J connectivity index is 1.65. The number of rotatable bonds is 4. The third-order valence-electron chi connectivity index (χ3n) is 4.10. The second kappa shape index (κ2) is 6.32. The smallest absolute Gasteiger partial charge is 0.225 e. The van der Waals surface area contributed by atoms with Gasteiger partial charge < -0.3 is 5.32 Å². The molecule has 0 aliphatic heterocycles. The Morgan fingerprint density at radius 2 is 1.88 bits per heavy atom. The first-order valence-electron chi connectivity index (χ1n) is 8.18. The molecule has 1 N–H and O–H groups in total. The second-order valence-electron chi connectivity index (χ2n) is 6.01. The van der Waals surface area contributed by atoms with Gasteiger partial charge in [0, 0.05) is 12.3 Å². The minimum atomic E-state index is 0.103. The van der Waals surface area contributed by atoms with E-state index in [1.807, 2.05) is 49.4 Å². The second-order valence-corrected chi connectivity index (χ2v) is 6.01. The van der Waals surface area contributed by atoms with Crippen LogP contribution in [-0.2, 0) is 0 Å². The molecule has 1 unspecified atom stereocenters. The number of hydrogen-bond acceptors (Lipinski definition) is 5. The van der Waals surface area contributed by atoms with E-state index in [9.17, 15) is 0 Å². The average molecular weight is 330 g/mol. The molecule has 1 atom stereocenters. The predicted octanol–water partition coefficient (Wildman–Crippen LogP) is 3.69. The van der Waals surface area contributed by atoms with Crippen LogP contribution in [0.25, 0.3) is 16.9 Å². The summed E-state index contributed by atoms with van der Waals surface area (Å²) in [6.07, 6.45) is 1.73. The molecule has 2 aromatic heterocycles. The summed E-state index contributed by atoms with van der Waals surface area (Å²) in [5.74, 6) is 1.24. The van der Waals surface area contributed by atoms with Crippen LogP contribution in [-0.4, -0.2) is 25.0 Å². The van der Waals surface area contributed by atoms with E-state index < -0.39 is 0 Å². The van der Waals surface area contributed by atoms with Crippen LogP contribution in [0.5, 0.6) is 0 Å². The normalized spacial score (nSPS) is 12.2. The van der Waals surface area contributed by atoms with E-state index in [4.69, 9.17) is 0 Å². The topological polar surface area (TPSA) is 68.5 Å². The van der Waals surface area contributed by atoms with Gasteiger partial charge in [0.15, 0.2) is 5.82 Å². The summed E-state index contributed by atoms with van der Waals surface area (Å²) in [6, 6.07) is 18.2. The Morgan fingerprint density at radius 1 is 1.04 bits per heavy atom. The fourth-order valence-corrected chi connectivity index (χ4v) is 2.76. The summed E-state index contributed by atoms with van der Waals surface area (Å²) >= 11 is 0. The van der Waals surface area contributed by atoms with Crippen molar-refractivity contribution >= 4 is 17.0 Å². The van der Waals surface area contributed by atoms with Gasteiger partial charge in [0.2, 0.25) is 5.95 Å². The van der Waals surface area contributed by atoms with Crippen molar-refractivity contribution in [1.29, 1.82) is 0 Å². The molecule has 2 heterocycles. The summed E-state index contributed by atoms with van der Waals surface area (Å²) < 4.78 is 1.73. The van der Waals surface area contributed by atoms with Crippen LogP contribution in [0.2, 0.25) is 0 Å². The SMILES string of the molecule is Cc1ccc2c(c1)nnn2-c1ccnc(NC(C)c2ccccc2)n1. The molecule has 0 spiro atoms. The maximum Gasteiger partial charge on any atom is 0.225 e. The average Bonchev–Trinajstić information content (AvgIpc) is 3.05. The van der Waals surface area contributed by atoms with Gasteiger partial charge in [-0.2, -0.15) is 9.67 Å². The highest BCUT2D eigenvalue weighted by molar-refractivity contribution is 5.76. The van der Waals surface area contributed by atoms with Gasteiger partial charge in [-0.05, 0) is 37.1 Å². The van der Waals surface area contributed by atoms with Gasteiger partial charge >= 0.3 is 0 Å². The van der Waals surface area contributed by atoms with Crippen molar-refractivity contribution in [1.82, 2.24) is 25.0 Å². The first kappa shape index (κ1) is 15.3. The molecule has 124 valence electrons. The summed E-state index contributed by atoms with van der Waals surface area (Å²) in [5, 5.41) is 11.8. The highest BCUT2D eigenvalue weighted by Gasteiger charge is 2.11. The number of nitrogens with one attached hydrogen (secondary N) is 1. The van der Waals surface area contributed by atoms with Crippen molar-refractivity contribution in [3.8, 4) is 5.82 Å². The molecule has 2 aromatic carbocycles. The number of anilines is 1. The van der Waals surface area contributed by atoms with E-state index in [1.54, 1.807) is 10.9 Å². The third kappa shape index (κ3) is 3.06. The molecule has 0 saturated carbocycles. The van der Waals surface area contributed by atoms with Gasteiger partial charge in [0.1, 0.15) is 5.52 Å². The summed E-state index contributed by atoms with van der Waals surface area (Å²) in [5.41, 5.74) is 4.11. The Bertz CT molecular complexity index is 1010. The lowest BCUT2D eigenvalue weighted by molar-refractivity contribution is 0.790. The van der Waals surface area contributed by atoms with Crippen LogP contribution in [0, 0.1) is 6.92 Å². The summed E-state index contributed by atoms with van der Waals surface area (Å²) in [4.78, 5) is 8.92. The van der Waals surface area contributed by atoms with E-state index in [0.29, 0.717) is 11.8 Å². The number of aryl methyl sites for hydroxylation is 1. The van der Waals surface area contributed by atoms with E-state index in [0.717, 1.165) is 16.6 Å². The van der Waals surface area contributed by atoms with Crippen molar-refractivity contribution in [2.75, 3.05) is 5.32 Å². The zero-order valence-electron chi connectivity index (χ0n) is 14.1. The standard InChI is InChI=1S/C19H18N6/c1-13-8-9-17-16(12-13)23-24-25(17)18-10-11-20-19(22-18)21-14(2)15-6-4-3-5-7-15/h3-12,14H,1-2H3,(H,20,21,22). The first-order valence-corrected chi connectivity index (χ1v) is 8.18. The molecule has 0 aliphatic rings. The molecular weight excluding hydrogens is 312 g/mol. The van der Waals surface area contributed by atoms with Gasteiger partial charge in [-0.3, -0.25) is 0 Å². The van der Waals surface area contributed by atoms with Crippen molar-refractivity contribution in [3.05, 3.63) is 71.9 Å². The number of nitrogens with zero attached hydrogens (tertiary/aromatic N) is 5. The maximum absolute atomic E-state index is 4.59. The lowest BCUT2D eigenvalue weighted by Gasteiger charge is -2.14. The van der Waals surface area contributed by atoms with E-state index in [2.05, 4.69) is 44.7 Å². The van der Waals surface area contributed by atoms with E-state index >= 15 is 0 Å². The van der Waals surface area contributed by atoms with Gasteiger partial charge in [-0.15, -0.1) is 5.10 Å². The number of fused-ring (bicyclic) bond motifs is 1. The van der Waals surface area contributed by atoms with Crippen LogP contribution >= 0.6 is 0 Å². The molecule has 0 amide bonds. The number of benzene rings is 2. The van der Waals surface area contributed by atoms with Crippen LogP contribution < -0.4 is 5.32 Å². The van der Waals surface area contributed by atoms with Gasteiger partial charge in [-0.25, -0.2) is 4.98 Å². The lowest BCUT2D eigenvalue weighted by atomic mass is 10.1. The molecule has 0 radical (unpaired) electrons. The molecule has 0 bridgehead atoms. The maximum atomic E-state index is 4.59. The molecule has 4 aromatic rings. The molecule has 0 saturated heterocycles. The summed E-state index contributed by atoms with van der Waals surface area (Å²) in [7, 11) is 0. The number of aromatic nitrogens is 5. The largest absolute Gasteiger partial charge is 0.348 e. The quantitative estimate of drug-likeness (QED) is 0.618. The van der Waals surface area contributed by atoms with Crippen LogP contribution in [0.4, 0.5) is 5.95 Å². The van der Waals surface area contributed by atoms with Gasteiger partial charge in [0.25, 0.3) is 0 Å². The molecule has 6 nitrogen and oxygen atoms in total. The fraction of sp³-hybridized carbons (Fsp3) is 0.158. The highest BCUT2D eigenvalue weighted by Crippen LogP contribution is 2.19. The Kier molecular flexibility index (Phi) is 3.85. The fourth-order valence-electron chi connectivity index (χ4n) is 2.76. The van der Waals surface area contributed by atoms with Crippen molar-refractivity contribution in [3.63, 3.8) is 0 Å². The summed E-state index contributed by atoms with van der Waals surface area (Å²) in [6.45, 7) is 4.12. The van der Waals surface area contributed by atoms with E-state index in [1.165, 1.54) is 5.56 Å². The highest BCUT2D eigenvalue weighted by atomic mass is 15.4. The van der Waals surface area contributed by atoms with E-state index in [-0.39, 0.29) is 6.04 Å².